The van der Waals surface area contributed by atoms with Crippen molar-refractivity contribution in [2.45, 2.75) is 32.4 Å². The van der Waals surface area contributed by atoms with Gasteiger partial charge in [-0.1, -0.05) is 6.07 Å². The first-order valence-corrected chi connectivity index (χ1v) is 10.9. The molecule has 2 aromatic carbocycles. The van der Waals surface area contributed by atoms with E-state index >= 15 is 0 Å². The summed E-state index contributed by atoms with van der Waals surface area (Å²) in [7, 11) is 0. The first kappa shape index (κ1) is 21.5. The molecule has 2 atom stereocenters. The molecule has 3 heterocycles. The number of anilines is 2. The zero-order chi connectivity index (χ0) is 24.0. The van der Waals surface area contributed by atoms with Crippen molar-refractivity contribution in [3.8, 4) is 5.75 Å². The molecule has 2 aliphatic rings. The zero-order valence-electron chi connectivity index (χ0n) is 18.6. The Morgan fingerprint density at radius 2 is 1.94 bits per heavy atom. The smallest absolute Gasteiger partial charge is 0.300 e. The molecule has 2 unspecified atom stereocenters. The van der Waals surface area contributed by atoms with Gasteiger partial charge >= 0.3 is 0 Å². The summed E-state index contributed by atoms with van der Waals surface area (Å²) in [5, 5.41) is 13.9. The average molecular weight is 458 g/mol. The van der Waals surface area contributed by atoms with E-state index in [0.29, 0.717) is 29.1 Å². The van der Waals surface area contributed by atoms with Gasteiger partial charge in [-0.3, -0.25) is 19.3 Å². The molecular weight excluding hydrogens is 436 g/mol. The normalized spacial score (nSPS) is 20.8. The third-order valence-electron chi connectivity index (χ3n) is 5.87. The highest BCUT2D eigenvalue weighted by atomic mass is 16.5. The SMILES string of the molecule is CC(=O)Nc1cccc(N2C(=O)C(=O)/C(=C(\O)c3ccc4c(c3)CC(C)O4)C2c2ccco2)c1. The van der Waals surface area contributed by atoms with Crippen molar-refractivity contribution in [3.05, 3.63) is 83.3 Å². The molecule has 2 N–H and O–H groups in total. The molecule has 1 saturated heterocycles. The predicted octanol–water partition coefficient (Wildman–Crippen LogP) is 4.19. The van der Waals surface area contributed by atoms with Crippen LogP contribution in [0.15, 0.2) is 70.9 Å². The van der Waals surface area contributed by atoms with Crippen LogP contribution in [0, 0.1) is 0 Å². The van der Waals surface area contributed by atoms with E-state index in [2.05, 4.69) is 5.32 Å². The zero-order valence-corrected chi connectivity index (χ0v) is 18.6. The molecule has 1 fully saturated rings. The summed E-state index contributed by atoms with van der Waals surface area (Å²) in [4.78, 5) is 39.2. The first-order chi connectivity index (χ1) is 16.3. The van der Waals surface area contributed by atoms with Gasteiger partial charge in [0, 0.05) is 30.3 Å². The fourth-order valence-corrected chi connectivity index (χ4v) is 4.48. The number of Topliss-reactive ketones (excluding diaryl/α,β-unsaturated/α-hetero) is 1. The number of ether oxygens (including phenoxy) is 1. The number of benzene rings is 2. The van der Waals surface area contributed by atoms with Crippen molar-refractivity contribution in [3.63, 3.8) is 0 Å². The van der Waals surface area contributed by atoms with Gasteiger partial charge in [-0.05, 0) is 61.0 Å². The van der Waals surface area contributed by atoms with Crippen LogP contribution in [0.5, 0.6) is 5.75 Å². The van der Waals surface area contributed by atoms with Crippen LogP contribution >= 0.6 is 0 Å². The molecule has 1 aromatic heterocycles. The van der Waals surface area contributed by atoms with Crippen LogP contribution in [0.2, 0.25) is 0 Å². The van der Waals surface area contributed by atoms with Gasteiger partial charge in [0.25, 0.3) is 11.7 Å². The van der Waals surface area contributed by atoms with Gasteiger partial charge in [0.05, 0.1) is 11.8 Å². The number of hydrogen-bond acceptors (Lipinski definition) is 6. The number of carbonyl (C=O) groups excluding carboxylic acids is 3. The number of nitrogens with zero attached hydrogens (tertiary/aromatic N) is 1. The van der Waals surface area contributed by atoms with Crippen LogP contribution in [0.3, 0.4) is 0 Å². The fraction of sp³-hybridized carbons (Fsp3) is 0.192. The monoisotopic (exact) mass is 458 g/mol. The van der Waals surface area contributed by atoms with E-state index in [1.54, 1.807) is 54.6 Å². The number of rotatable bonds is 4. The standard InChI is InChI=1S/C26H22N2O6/c1-14-11-17-12-16(8-9-20(17)34-14)24(30)22-23(21-7-4-10-33-21)28(26(32)25(22)31)19-6-3-5-18(13-19)27-15(2)29/h3-10,12-14,23,30H,11H2,1-2H3,(H,27,29)/b24-22-. The van der Waals surface area contributed by atoms with Crippen LogP contribution in [0.25, 0.3) is 5.76 Å². The lowest BCUT2D eigenvalue weighted by Crippen LogP contribution is -2.29. The Morgan fingerprint density at radius 1 is 1.12 bits per heavy atom. The Labute approximate surface area is 195 Å². The number of fused-ring (bicyclic) bond motifs is 1. The second kappa shape index (κ2) is 8.22. The summed E-state index contributed by atoms with van der Waals surface area (Å²) in [6.45, 7) is 3.33. The quantitative estimate of drug-likeness (QED) is 0.345. The third kappa shape index (κ3) is 3.63. The highest BCUT2D eigenvalue weighted by molar-refractivity contribution is 6.51. The van der Waals surface area contributed by atoms with E-state index in [0.717, 1.165) is 11.3 Å². The number of carbonyl (C=O) groups is 3. The first-order valence-electron chi connectivity index (χ1n) is 10.9. The Hall–Kier alpha value is -4.33. The van der Waals surface area contributed by atoms with Crippen LogP contribution in [0.1, 0.15) is 36.8 Å². The van der Waals surface area contributed by atoms with Gasteiger partial charge in [0.2, 0.25) is 5.91 Å². The number of ketones is 1. The highest BCUT2D eigenvalue weighted by Crippen LogP contribution is 2.43. The number of hydrogen-bond donors (Lipinski definition) is 2. The van der Waals surface area contributed by atoms with Crippen molar-refractivity contribution in [1.29, 1.82) is 0 Å². The lowest BCUT2D eigenvalue weighted by atomic mass is 9.97. The maximum absolute atomic E-state index is 13.2. The van der Waals surface area contributed by atoms with E-state index in [9.17, 15) is 19.5 Å². The largest absolute Gasteiger partial charge is 0.507 e. The summed E-state index contributed by atoms with van der Waals surface area (Å²) >= 11 is 0. The summed E-state index contributed by atoms with van der Waals surface area (Å²) < 4.78 is 11.3. The number of aliphatic hydroxyl groups is 1. The highest BCUT2D eigenvalue weighted by Gasteiger charge is 2.48. The summed E-state index contributed by atoms with van der Waals surface area (Å²) in [6, 6.07) is 14.1. The molecule has 0 bridgehead atoms. The second-order valence-corrected chi connectivity index (χ2v) is 8.37. The molecule has 3 aromatic rings. The maximum atomic E-state index is 13.2. The van der Waals surface area contributed by atoms with Crippen LogP contribution < -0.4 is 15.0 Å². The summed E-state index contributed by atoms with van der Waals surface area (Å²) in [6.07, 6.45) is 2.15. The van der Waals surface area contributed by atoms with Gasteiger partial charge in [-0.15, -0.1) is 0 Å². The van der Waals surface area contributed by atoms with Gasteiger partial charge in [0.15, 0.2) is 0 Å². The van der Waals surface area contributed by atoms with Gasteiger partial charge in [-0.25, -0.2) is 0 Å². The Morgan fingerprint density at radius 3 is 2.68 bits per heavy atom. The van der Waals surface area contributed by atoms with Crippen molar-refractivity contribution >= 4 is 34.7 Å². The molecule has 2 aliphatic heterocycles. The van der Waals surface area contributed by atoms with Crippen molar-refractivity contribution < 1.29 is 28.6 Å². The minimum Gasteiger partial charge on any atom is -0.507 e. The van der Waals surface area contributed by atoms with Crippen LogP contribution in [-0.4, -0.2) is 28.8 Å². The second-order valence-electron chi connectivity index (χ2n) is 8.37. The fourth-order valence-electron chi connectivity index (χ4n) is 4.48. The molecule has 8 nitrogen and oxygen atoms in total. The summed E-state index contributed by atoms with van der Waals surface area (Å²) in [5.74, 6) is -1.13. The predicted molar refractivity (Wildman–Crippen MR) is 124 cm³/mol. The van der Waals surface area contributed by atoms with E-state index < -0.39 is 17.7 Å². The molecule has 0 spiro atoms. The maximum Gasteiger partial charge on any atom is 0.300 e. The number of nitrogens with one attached hydrogen (secondary N) is 1. The Bertz CT molecular complexity index is 1340. The average Bonchev–Trinajstić information content (AvgIpc) is 3.51. The molecular formula is C26H22N2O6. The molecule has 8 heteroatoms. The van der Waals surface area contributed by atoms with E-state index in [4.69, 9.17) is 9.15 Å². The lowest BCUT2D eigenvalue weighted by Gasteiger charge is -2.24. The minimum absolute atomic E-state index is 0.0250. The molecule has 0 radical (unpaired) electrons. The Balaban J connectivity index is 1.64. The third-order valence-corrected chi connectivity index (χ3v) is 5.87. The molecule has 0 aliphatic carbocycles. The van der Waals surface area contributed by atoms with Crippen molar-refractivity contribution in [2.75, 3.05) is 10.2 Å². The Kier molecular flexibility index (Phi) is 5.20. The summed E-state index contributed by atoms with van der Waals surface area (Å²) in [5.41, 5.74) is 2.11. The number of furan rings is 1. The van der Waals surface area contributed by atoms with Gasteiger partial charge in [0.1, 0.15) is 29.4 Å². The molecule has 2 amide bonds. The van der Waals surface area contributed by atoms with Crippen molar-refractivity contribution in [2.24, 2.45) is 0 Å². The van der Waals surface area contributed by atoms with E-state index in [1.807, 2.05) is 6.92 Å². The number of aliphatic hydroxyl groups excluding tert-OH is 1. The van der Waals surface area contributed by atoms with E-state index in [1.165, 1.54) is 18.1 Å². The van der Waals surface area contributed by atoms with Crippen LogP contribution in [0.4, 0.5) is 11.4 Å². The molecule has 34 heavy (non-hydrogen) atoms. The number of amides is 2. The van der Waals surface area contributed by atoms with Gasteiger partial charge < -0.3 is 19.6 Å². The van der Waals surface area contributed by atoms with Gasteiger partial charge in [-0.2, -0.15) is 0 Å². The molecule has 5 rings (SSSR count). The molecule has 0 saturated carbocycles. The van der Waals surface area contributed by atoms with E-state index in [-0.39, 0.29) is 23.3 Å². The van der Waals surface area contributed by atoms with Crippen molar-refractivity contribution in [1.82, 2.24) is 0 Å². The molecule has 172 valence electrons. The van der Waals surface area contributed by atoms with Crippen LogP contribution in [-0.2, 0) is 20.8 Å². The topological polar surface area (TPSA) is 109 Å². The minimum atomic E-state index is -0.981. The lowest BCUT2D eigenvalue weighted by molar-refractivity contribution is -0.132.